The van der Waals surface area contributed by atoms with Crippen molar-refractivity contribution < 1.29 is 14.2 Å². The van der Waals surface area contributed by atoms with Gasteiger partial charge in [0.05, 0.1) is 26.9 Å². The average molecular weight is 338 g/mol. The summed E-state index contributed by atoms with van der Waals surface area (Å²) in [6, 6.07) is 10.8. The second-order valence-electron chi connectivity index (χ2n) is 7.01. The van der Waals surface area contributed by atoms with Crippen LogP contribution in [0.3, 0.4) is 0 Å². The van der Waals surface area contributed by atoms with Crippen molar-refractivity contribution in [2.75, 3.05) is 20.8 Å². The lowest BCUT2D eigenvalue weighted by atomic mass is 9.92. The number of methoxy groups -OCH3 is 2. The molecule has 2 aliphatic heterocycles. The molecule has 0 bridgehead atoms. The number of nitrogens with zero attached hydrogens (tertiary/aromatic N) is 1. The Morgan fingerprint density at radius 1 is 1.04 bits per heavy atom. The highest BCUT2D eigenvalue weighted by atomic mass is 16.6. The molecule has 0 spiro atoms. The zero-order chi connectivity index (χ0) is 17.6. The van der Waals surface area contributed by atoms with E-state index >= 15 is 0 Å². The Balaban J connectivity index is 1.77. The molecule has 25 heavy (non-hydrogen) atoms. The maximum Gasteiger partial charge on any atom is 0.127 e. The molecule has 2 aromatic rings. The summed E-state index contributed by atoms with van der Waals surface area (Å²) in [4.78, 5) is 0. The lowest BCUT2D eigenvalue weighted by molar-refractivity contribution is 0.384. The largest absolute Gasteiger partial charge is 0.496 e. The van der Waals surface area contributed by atoms with Gasteiger partial charge in [0.15, 0.2) is 0 Å². The van der Waals surface area contributed by atoms with Gasteiger partial charge in [-0.3, -0.25) is 0 Å². The van der Waals surface area contributed by atoms with Gasteiger partial charge in [-0.05, 0) is 34.2 Å². The van der Waals surface area contributed by atoms with E-state index in [2.05, 4.69) is 38.1 Å². The first-order chi connectivity index (χ1) is 12.1. The Morgan fingerprint density at radius 3 is 2.44 bits per heavy atom. The Hall–Kier alpha value is -2.04. The van der Waals surface area contributed by atoms with Crippen LogP contribution in [-0.2, 0) is 11.3 Å². The van der Waals surface area contributed by atoms with Crippen molar-refractivity contribution in [3.63, 3.8) is 0 Å². The molecule has 2 heterocycles. The van der Waals surface area contributed by atoms with Crippen molar-refractivity contribution in [3.05, 3.63) is 58.1 Å². The molecule has 2 aliphatic rings. The third-order valence-corrected chi connectivity index (χ3v) is 5.11. The molecule has 4 rings (SSSR count). The van der Waals surface area contributed by atoms with E-state index in [0.29, 0.717) is 5.92 Å². The molecule has 1 saturated heterocycles. The van der Waals surface area contributed by atoms with Gasteiger partial charge in [0, 0.05) is 18.2 Å². The zero-order valence-electron chi connectivity index (χ0n) is 15.2. The second-order valence-corrected chi connectivity index (χ2v) is 7.01. The molecule has 0 aromatic heterocycles. The predicted molar refractivity (Wildman–Crippen MR) is 96.5 cm³/mol. The Morgan fingerprint density at radius 2 is 1.80 bits per heavy atom. The van der Waals surface area contributed by atoms with Gasteiger partial charge >= 0.3 is 0 Å². The van der Waals surface area contributed by atoms with Crippen molar-refractivity contribution in [1.29, 1.82) is 0 Å². The molecular formula is C21H24NO3. The van der Waals surface area contributed by atoms with E-state index in [1.807, 2.05) is 6.07 Å². The highest BCUT2D eigenvalue weighted by molar-refractivity contribution is 5.54. The molecule has 2 atom stereocenters. The predicted octanol–water partition coefficient (Wildman–Crippen LogP) is 4.11. The molecule has 1 fully saturated rings. The summed E-state index contributed by atoms with van der Waals surface area (Å²) < 4.78 is 16.6. The summed E-state index contributed by atoms with van der Waals surface area (Å²) in [6.07, 6.45) is 0.285. The zero-order valence-corrected chi connectivity index (χ0v) is 15.2. The SMILES string of the molecule is COc1cc(OC)c(C2[N]Cc3cc(C4CO4)ccc32)cc1C(C)C. The van der Waals surface area contributed by atoms with Crippen molar-refractivity contribution >= 4 is 0 Å². The summed E-state index contributed by atoms with van der Waals surface area (Å²) in [5.74, 6) is 2.07. The van der Waals surface area contributed by atoms with E-state index in [4.69, 9.17) is 19.5 Å². The van der Waals surface area contributed by atoms with Crippen LogP contribution in [0.1, 0.15) is 59.7 Å². The smallest absolute Gasteiger partial charge is 0.127 e. The van der Waals surface area contributed by atoms with Gasteiger partial charge in [-0.15, -0.1) is 0 Å². The van der Waals surface area contributed by atoms with Gasteiger partial charge in [-0.1, -0.05) is 32.0 Å². The first-order valence-corrected chi connectivity index (χ1v) is 8.79. The highest BCUT2D eigenvalue weighted by Crippen LogP contribution is 2.43. The fourth-order valence-electron chi connectivity index (χ4n) is 3.64. The maximum atomic E-state index is 5.66. The van der Waals surface area contributed by atoms with Crippen molar-refractivity contribution in [1.82, 2.24) is 5.32 Å². The summed E-state index contributed by atoms with van der Waals surface area (Å²) in [6.45, 7) is 5.93. The number of fused-ring (bicyclic) bond motifs is 1. The third-order valence-electron chi connectivity index (χ3n) is 5.11. The summed E-state index contributed by atoms with van der Waals surface area (Å²) in [7, 11) is 3.41. The van der Waals surface area contributed by atoms with Gasteiger partial charge in [0.25, 0.3) is 0 Å². The van der Waals surface area contributed by atoms with Crippen LogP contribution in [-0.4, -0.2) is 20.8 Å². The Bertz CT molecular complexity index is 796. The third kappa shape index (κ3) is 2.90. The summed E-state index contributed by atoms with van der Waals surface area (Å²) >= 11 is 0. The number of hydrogen-bond acceptors (Lipinski definition) is 3. The van der Waals surface area contributed by atoms with E-state index in [1.165, 1.54) is 22.3 Å². The summed E-state index contributed by atoms with van der Waals surface area (Å²) in [5.41, 5.74) is 6.12. The fourth-order valence-corrected chi connectivity index (χ4v) is 3.64. The van der Waals surface area contributed by atoms with E-state index in [9.17, 15) is 0 Å². The molecule has 131 valence electrons. The lowest BCUT2D eigenvalue weighted by Crippen LogP contribution is -2.10. The first kappa shape index (κ1) is 16.4. The average Bonchev–Trinajstić information content (AvgIpc) is 3.40. The number of benzene rings is 2. The van der Waals surface area contributed by atoms with Crippen LogP contribution in [0.2, 0.25) is 0 Å². The standard InChI is InChI=1S/C21H24NO3/c1-12(2)16-8-17(19(24-4)9-18(16)23-3)21-15-6-5-13(20-11-25-20)7-14(15)10-22-21/h5-9,12,20-21H,10-11H2,1-4H3. The molecule has 0 N–H and O–H groups in total. The van der Waals surface area contributed by atoms with E-state index in [0.717, 1.165) is 30.2 Å². The van der Waals surface area contributed by atoms with E-state index < -0.39 is 0 Å². The molecule has 0 amide bonds. The Kier molecular flexibility index (Phi) is 4.18. The minimum absolute atomic E-state index is 0.0162. The highest BCUT2D eigenvalue weighted by Gasteiger charge is 2.31. The second kappa shape index (κ2) is 6.36. The number of ether oxygens (including phenoxy) is 3. The number of hydrogen-bond donors (Lipinski definition) is 0. The topological polar surface area (TPSA) is 45.1 Å². The molecule has 4 heteroatoms. The molecule has 0 aliphatic carbocycles. The van der Waals surface area contributed by atoms with E-state index in [-0.39, 0.29) is 12.1 Å². The van der Waals surface area contributed by atoms with Crippen LogP contribution in [0.25, 0.3) is 0 Å². The molecule has 2 aromatic carbocycles. The quantitative estimate of drug-likeness (QED) is 0.771. The van der Waals surface area contributed by atoms with Crippen LogP contribution in [0.4, 0.5) is 0 Å². The maximum absolute atomic E-state index is 5.66. The number of rotatable bonds is 5. The van der Waals surface area contributed by atoms with Crippen LogP contribution >= 0.6 is 0 Å². The Labute approximate surface area is 149 Å². The monoisotopic (exact) mass is 338 g/mol. The normalized spacial score (nSPS) is 21.3. The summed E-state index contributed by atoms with van der Waals surface area (Å²) in [5, 5.41) is 4.90. The van der Waals surface area contributed by atoms with Gasteiger partial charge in [-0.25, -0.2) is 5.32 Å². The minimum Gasteiger partial charge on any atom is -0.496 e. The van der Waals surface area contributed by atoms with Gasteiger partial charge < -0.3 is 14.2 Å². The van der Waals surface area contributed by atoms with Gasteiger partial charge in [-0.2, -0.15) is 0 Å². The van der Waals surface area contributed by atoms with Crippen molar-refractivity contribution in [2.45, 2.75) is 38.5 Å². The molecule has 2 unspecified atom stereocenters. The van der Waals surface area contributed by atoms with E-state index in [1.54, 1.807) is 14.2 Å². The molecule has 0 saturated carbocycles. The van der Waals surface area contributed by atoms with Gasteiger partial charge in [0.1, 0.15) is 17.6 Å². The fraction of sp³-hybridized carbons (Fsp3) is 0.429. The van der Waals surface area contributed by atoms with Crippen LogP contribution < -0.4 is 14.8 Å². The van der Waals surface area contributed by atoms with Crippen molar-refractivity contribution in [3.8, 4) is 11.5 Å². The van der Waals surface area contributed by atoms with Crippen LogP contribution in [0, 0.1) is 0 Å². The molecule has 1 radical (unpaired) electrons. The van der Waals surface area contributed by atoms with Gasteiger partial charge in [0.2, 0.25) is 0 Å². The lowest BCUT2D eigenvalue weighted by Gasteiger charge is -2.20. The van der Waals surface area contributed by atoms with Crippen LogP contribution in [0.15, 0.2) is 30.3 Å². The first-order valence-electron chi connectivity index (χ1n) is 8.79. The molecule has 4 nitrogen and oxygen atoms in total. The minimum atomic E-state index is 0.0162. The van der Waals surface area contributed by atoms with Crippen molar-refractivity contribution in [2.24, 2.45) is 0 Å². The molecular weight excluding hydrogens is 314 g/mol. The van der Waals surface area contributed by atoms with Crippen LogP contribution in [0.5, 0.6) is 11.5 Å². The number of epoxide rings is 1.